The quantitative estimate of drug-likeness (QED) is 0.265. The topological polar surface area (TPSA) is 123 Å². The number of amides is 1. The number of carboxylic acids is 1. The molecule has 1 atom stereocenters. The van der Waals surface area contributed by atoms with E-state index in [-0.39, 0.29) is 23.8 Å². The van der Waals surface area contributed by atoms with E-state index >= 15 is 0 Å². The smallest absolute Gasteiger partial charge is 0.534 e. The minimum atomic E-state index is -1.28. The molecule has 0 bridgehead atoms. The predicted molar refractivity (Wildman–Crippen MR) is 114 cm³/mol. The average Bonchev–Trinajstić information content (AvgIpc) is 2.72. The molecule has 2 aliphatic heterocycles. The van der Waals surface area contributed by atoms with Crippen LogP contribution in [0.5, 0.6) is 5.75 Å². The van der Waals surface area contributed by atoms with Gasteiger partial charge in [-0.2, -0.15) is 0 Å². The van der Waals surface area contributed by atoms with Crippen LogP contribution in [0.1, 0.15) is 28.8 Å². The highest BCUT2D eigenvalue weighted by atomic mass is 16.5. The predicted octanol–water partition coefficient (Wildman–Crippen LogP) is -0.655. The maximum Gasteiger partial charge on any atom is 0.547 e. The third-order valence-corrected chi connectivity index (χ3v) is 5.76. The Morgan fingerprint density at radius 2 is 2.03 bits per heavy atom. The first kappa shape index (κ1) is 22.5. The molecule has 9 nitrogen and oxygen atoms in total. The summed E-state index contributed by atoms with van der Waals surface area (Å²) in [5, 5.41) is 29.0. The standard InChI is InChI=1S/C20H31BN4O5/c1-22-7-8-23-12-14-5-9-25(10-6-14)13-18(26)24-17-11-15-3-2-4-16(20(27)28)19(15)30-21(17)29/h2-4,14,17,22-23,29H,5-13H2,1H3,(H,24,26)(H,27,28)/t17-/m0/s1. The molecule has 5 N–H and O–H groups in total. The van der Waals surface area contributed by atoms with E-state index in [9.17, 15) is 19.7 Å². The zero-order chi connectivity index (χ0) is 21.5. The lowest BCUT2D eigenvalue weighted by molar-refractivity contribution is -0.123. The number of benzene rings is 1. The van der Waals surface area contributed by atoms with Gasteiger partial charge in [0, 0.05) is 13.1 Å². The van der Waals surface area contributed by atoms with Gasteiger partial charge in [0.2, 0.25) is 5.91 Å². The fourth-order valence-electron chi connectivity index (χ4n) is 4.04. The van der Waals surface area contributed by atoms with Crippen LogP contribution in [0.25, 0.3) is 0 Å². The van der Waals surface area contributed by atoms with E-state index in [1.54, 1.807) is 12.1 Å². The highest BCUT2D eigenvalue weighted by molar-refractivity contribution is 6.47. The molecule has 1 aromatic rings. The molecule has 1 amide bonds. The van der Waals surface area contributed by atoms with Crippen LogP contribution < -0.4 is 20.6 Å². The number of carbonyl (C=O) groups excluding carboxylic acids is 1. The number of para-hydroxylation sites is 1. The Balaban J connectivity index is 1.45. The first-order chi connectivity index (χ1) is 14.5. The summed E-state index contributed by atoms with van der Waals surface area (Å²) in [6, 6.07) is 4.83. The third-order valence-electron chi connectivity index (χ3n) is 5.76. The van der Waals surface area contributed by atoms with Gasteiger partial charge in [0.25, 0.3) is 0 Å². The first-order valence-electron chi connectivity index (χ1n) is 10.5. The lowest BCUT2D eigenvalue weighted by Gasteiger charge is -2.33. The SMILES string of the molecule is CNCCNCC1CCN(CC(=O)N[C@H]2Cc3cccc(C(=O)O)c3OB2O)CC1. The Bertz CT molecular complexity index is 742. The summed E-state index contributed by atoms with van der Waals surface area (Å²) >= 11 is 0. The van der Waals surface area contributed by atoms with Crippen molar-refractivity contribution in [1.82, 2.24) is 20.9 Å². The van der Waals surface area contributed by atoms with Crippen molar-refractivity contribution in [2.75, 3.05) is 46.3 Å². The van der Waals surface area contributed by atoms with Crippen LogP contribution in [0.15, 0.2) is 18.2 Å². The van der Waals surface area contributed by atoms with E-state index in [0.29, 0.717) is 17.9 Å². The monoisotopic (exact) mass is 418 g/mol. The van der Waals surface area contributed by atoms with Gasteiger partial charge in [0.1, 0.15) is 5.75 Å². The molecule has 0 radical (unpaired) electrons. The number of likely N-dealkylation sites (tertiary alicyclic amines) is 1. The summed E-state index contributed by atoms with van der Waals surface area (Å²) in [6.07, 6.45) is 2.43. The molecule has 10 heteroatoms. The second kappa shape index (κ2) is 10.8. The maximum atomic E-state index is 12.5. The lowest BCUT2D eigenvalue weighted by Crippen LogP contribution is -2.55. The normalized spacial score (nSPS) is 19.8. The Kier molecular flexibility index (Phi) is 8.09. The van der Waals surface area contributed by atoms with Gasteiger partial charge in [0.05, 0.1) is 18.0 Å². The van der Waals surface area contributed by atoms with E-state index in [1.165, 1.54) is 6.07 Å². The second-order valence-electron chi connectivity index (χ2n) is 8.01. The van der Waals surface area contributed by atoms with Crippen molar-refractivity contribution in [3.05, 3.63) is 29.3 Å². The molecule has 1 fully saturated rings. The summed E-state index contributed by atoms with van der Waals surface area (Å²) < 4.78 is 5.43. The molecule has 0 spiro atoms. The van der Waals surface area contributed by atoms with Gasteiger partial charge in [-0.05, 0) is 63.5 Å². The van der Waals surface area contributed by atoms with Crippen molar-refractivity contribution in [3.63, 3.8) is 0 Å². The molecule has 30 heavy (non-hydrogen) atoms. The number of hydrogen-bond donors (Lipinski definition) is 5. The molecule has 164 valence electrons. The van der Waals surface area contributed by atoms with Crippen molar-refractivity contribution >= 4 is 19.0 Å². The molecule has 2 heterocycles. The molecule has 0 aliphatic carbocycles. The fourth-order valence-corrected chi connectivity index (χ4v) is 4.04. The summed E-state index contributed by atoms with van der Waals surface area (Å²) in [4.78, 5) is 26.0. The van der Waals surface area contributed by atoms with Gasteiger partial charge < -0.3 is 30.7 Å². The highest BCUT2D eigenvalue weighted by Crippen LogP contribution is 2.30. The van der Waals surface area contributed by atoms with Crippen molar-refractivity contribution in [2.45, 2.75) is 25.2 Å². The van der Waals surface area contributed by atoms with Gasteiger partial charge in [-0.25, -0.2) is 4.79 Å². The minimum Gasteiger partial charge on any atom is -0.534 e. The van der Waals surface area contributed by atoms with Gasteiger partial charge in [-0.15, -0.1) is 0 Å². The molecule has 1 saturated heterocycles. The number of nitrogens with zero attached hydrogens (tertiary/aromatic N) is 1. The van der Waals surface area contributed by atoms with Crippen molar-refractivity contribution in [2.24, 2.45) is 5.92 Å². The number of piperidine rings is 1. The summed E-state index contributed by atoms with van der Waals surface area (Å²) in [7, 11) is 0.659. The summed E-state index contributed by atoms with van der Waals surface area (Å²) in [5.74, 6) is -1.07. The molecular formula is C20H31BN4O5. The van der Waals surface area contributed by atoms with E-state index < -0.39 is 19.0 Å². The van der Waals surface area contributed by atoms with E-state index in [1.807, 2.05) is 7.05 Å². The van der Waals surface area contributed by atoms with Crippen LogP contribution in [0.4, 0.5) is 0 Å². The zero-order valence-electron chi connectivity index (χ0n) is 17.4. The number of likely N-dealkylation sites (N-methyl/N-ethyl adjacent to an activating group) is 1. The van der Waals surface area contributed by atoms with Crippen LogP contribution in [0.3, 0.4) is 0 Å². The minimum absolute atomic E-state index is 0.0136. The van der Waals surface area contributed by atoms with E-state index in [0.717, 1.165) is 45.6 Å². The molecule has 2 aliphatic rings. The van der Waals surface area contributed by atoms with Crippen LogP contribution in [0.2, 0.25) is 0 Å². The van der Waals surface area contributed by atoms with Gasteiger partial charge >= 0.3 is 13.1 Å². The number of rotatable bonds is 9. The van der Waals surface area contributed by atoms with Crippen molar-refractivity contribution in [1.29, 1.82) is 0 Å². The number of carbonyl (C=O) groups is 2. The number of hydrogen-bond acceptors (Lipinski definition) is 7. The largest absolute Gasteiger partial charge is 0.547 e. The number of carboxylic acid groups (broad SMARTS) is 1. The average molecular weight is 418 g/mol. The van der Waals surface area contributed by atoms with Gasteiger partial charge in [-0.1, -0.05) is 12.1 Å². The number of aromatic carboxylic acids is 1. The first-order valence-corrected chi connectivity index (χ1v) is 10.5. The Morgan fingerprint density at radius 3 is 2.73 bits per heavy atom. The van der Waals surface area contributed by atoms with E-state index in [4.69, 9.17) is 4.65 Å². The third kappa shape index (κ3) is 5.94. The Labute approximate surface area is 177 Å². The number of fused-ring (bicyclic) bond motifs is 1. The van der Waals surface area contributed by atoms with Crippen molar-refractivity contribution < 1.29 is 24.4 Å². The highest BCUT2D eigenvalue weighted by Gasteiger charge is 2.38. The van der Waals surface area contributed by atoms with E-state index in [2.05, 4.69) is 20.9 Å². The summed E-state index contributed by atoms with van der Waals surface area (Å²) in [5.41, 5.74) is 0.678. The molecular weight excluding hydrogens is 387 g/mol. The molecule has 1 aromatic carbocycles. The van der Waals surface area contributed by atoms with Crippen LogP contribution >= 0.6 is 0 Å². The molecule has 0 unspecified atom stereocenters. The Morgan fingerprint density at radius 1 is 1.27 bits per heavy atom. The maximum absolute atomic E-state index is 12.5. The van der Waals surface area contributed by atoms with Gasteiger partial charge in [0.15, 0.2) is 0 Å². The fraction of sp³-hybridized carbons (Fsp3) is 0.600. The summed E-state index contributed by atoms with van der Waals surface area (Å²) in [6.45, 7) is 4.96. The lowest BCUT2D eigenvalue weighted by atomic mass is 9.72. The van der Waals surface area contributed by atoms with Crippen molar-refractivity contribution in [3.8, 4) is 5.75 Å². The molecule has 0 saturated carbocycles. The molecule has 3 rings (SSSR count). The van der Waals surface area contributed by atoms with Gasteiger partial charge in [-0.3, -0.25) is 9.69 Å². The Hall–Kier alpha value is -2.14. The van der Waals surface area contributed by atoms with Crippen LogP contribution in [0, 0.1) is 5.92 Å². The second-order valence-corrected chi connectivity index (χ2v) is 8.01. The number of nitrogens with one attached hydrogen (secondary N) is 3. The van der Waals surface area contributed by atoms with Crippen LogP contribution in [-0.4, -0.2) is 86.3 Å². The van der Waals surface area contributed by atoms with Crippen LogP contribution in [-0.2, 0) is 11.2 Å². The molecule has 0 aromatic heterocycles. The zero-order valence-corrected chi connectivity index (χ0v) is 17.4.